The Balaban J connectivity index is 2.55. The molecule has 0 amide bonds. The van der Waals surface area contributed by atoms with Gasteiger partial charge < -0.3 is 15.1 Å². The molecule has 0 aliphatic carbocycles. The molecule has 3 N–H and O–H groups in total. The van der Waals surface area contributed by atoms with E-state index in [1.807, 2.05) is 6.92 Å². The number of phenols is 2. The lowest BCUT2D eigenvalue weighted by atomic mass is 10.1. The molecular weight excluding hydrogens is 206 g/mol. The number of aromatic hydroxyl groups is 2. The van der Waals surface area contributed by atoms with Crippen LogP contribution in [0, 0.1) is 5.92 Å². The van der Waals surface area contributed by atoms with Gasteiger partial charge in [-0.25, -0.2) is 0 Å². The Morgan fingerprint density at radius 1 is 1.12 bits per heavy atom. The second-order valence-electron chi connectivity index (χ2n) is 4.33. The number of benzene rings is 1. The van der Waals surface area contributed by atoms with Gasteiger partial charge in [0.25, 0.3) is 0 Å². The number of hydroxylamine groups is 1. The van der Waals surface area contributed by atoms with Crippen LogP contribution in [0.3, 0.4) is 0 Å². The van der Waals surface area contributed by atoms with Gasteiger partial charge in [0.1, 0.15) is 11.5 Å². The van der Waals surface area contributed by atoms with E-state index in [-0.39, 0.29) is 17.5 Å². The number of hydrogen-bond acceptors (Lipinski definition) is 4. The van der Waals surface area contributed by atoms with Crippen LogP contribution in [0.1, 0.15) is 32.4 Å². The maximum atomic E-state index is 9.33. The molecule has 0 bridgehead atoms. The highest BCUT2D eigenvalue weighted by Crippen LogP contribution is 2.24. The third-order valence-corrected chi connectivity index (χ3v) is 2.10. The van der Waals surface area contributed by atoms with Crippen LogP contribution in [-0.4, -0.2) is 16.8 Å². The van der Waals surface area contributed by atoms with E-state index in [1.54, 1.807) is 12.1 Å². The molecule has 1 aromatic carbocycles. The highest BCUT2D eigenvalue weighted by Gasteiger charge is 2.08. The Morgan fingerprint density at radius 2 is 1.69 bits per heavy atom. The summed E-state index contributed by atoms with van der Waals surface area (Å²) in [6.07, 6.45) is 0. The van der Waals surface area contributed by atoms with E-state index in [0.717, 1.165) is 5.56 Å². The first-order chi connectivity index (χ1) is 7.49. The Bertz CT molecular complexity index is 319. The number of rotatable bonds is 5. The van der Waals surface area contributed by atoms with E-state index >= 15 is 0 Å². The topological polar surface area (TPSA) is 61.7 Å². The molecule has 1 rings (SSSR count). The number of phenolic OH excluding ortho intramolecular Hbond substituents is 2. The van der Waals surface area contributed by atoms with Gasteiger partial charge >= 0.3 is 0 Å². The van der Waals surface area contributed by atoms with Gasteiger partial charge in [-0.2, -0.15) is 5.48 Å². The standard InChI is InChI=1S/C12H19NO3/c1-8(2)7-16-13-9(3)10-4-11(14)6-12(15)5-10/h4-6,8-9,13-15H,7H2,1-3H3. The van der Waals surface area contributed by atoms with E-state index in [2.05, 4.69) is 19.3 Å². The summed E-state index contributed by atoms with van der Waals surface area (Å²) in [5, 5.41) is 18.7. The van der Waals surface area contributed by atoms with Crippen LogP contribution >= 0.6 is 0 Å². The van der Waals surface area contributed by atoms with Crippen molar-refractivity contribution in [3.8, 4) is 11.5 Å². The highest BCUT2D eigenvalue weighted by atomic mass is 16.6. The van der Waals surface area contributed by atoms with Gasteiger partial charge in [0.2, 0.25) is 0 Å². The van der Waals surface area contributed by atoms with Gasteiger partial charge in [0.15, 0.2) is 0 Å². The smallest absolute Gasteiger partial charge is 0.119 e. The summed E-state index contributed by atoms with van der Waals surface area (Å²) in [5.41, 5.74) is 3.64. The third kappa shape index (κ3) is 4.08. The van der Waals surface area contributed by atoms with Gasteiger partial charge in [-0.3, -0.25) is 0 Å². The molecule has 0 fully saturated rings. The fraction of sp³-hybridized carbons (Fsp3) is 0.500. The minimum Gasteiger partial charge on any atom is -0.508 e. The normalized spacial score (nSPS) is 13.0. The molecule has 1 atom stereocenters. The quantitative estimate of drug-likeness (QED) is 0.673. The van der Waals surface area contributed by atoms with Crippen LogP contribution in [0.4, 0.5) is 0 Å². The Kier molecular flexibility index (Phi) is 4.58. The number of hydrogen-bond donors (Lipinski definition) is 3. The summed E-state index contributed by atoms with van der Waals surface area (Å²) < 4.78 is 0. The van der Waals surface area contributed by atoms with Crippen LogP contribution in [0.15, 0.2) is 18.2 Å². The van der Waals surface area contributed by atoms with Gasteiger partial charge in [0.05, 0.1) is 12.6 Å². The summed E-state index contributed by atoms with van der Waals surface area (Å²) in [5.74, 6) is 0.553. The summed E-state index contributed by atoms with van der Waals surface area (Å²) in [6, 6.07) is 4.40. The van der Waals surface area contributed by atoms with Crippen molar-refractivity contribution >= 4 is 0 Å². The molecular formula is C12H19NO3. The lowest BCUT2D eigenvalue weighted by molar-refractivity contribution is 0.00403. The van der Waals surface area contributed by atoms with Crippen molar-refractivity contribution in [1.29, 1.82) is 0 Å². The van der Waals surface area contributed by atoms with Crippen molar-refractivity contribution < 1.29 is 15.1 Å². The first-order valence-corrected chi connectivity index (χ1v) is 5.39. The van der Waals surface area contributed by atoms with E-state index in [9.17, 15) is 10.2 Å². The first-order valence-electron chi connectivity index (χ1n) is 5.39. The van der Waals surface area contributed by atoms with Gasteiger partial charge in [0, 0.05) is 6.07 Å². The summed E-state index contributed by atoms with van der Waals surface area (Å²) in [6.45, 7) is 6.64. The molecule has 0 saturated carbocycles. The first kappa shape index (κ1) is 12.8. The predicted molar refractivity (Wildman–Crippen MR) is 62.1 cm³/mol. The monoisotopic (exact) mass is 225 g/mol. The minimum atomic E-state index is -0.0863. The summed E-state index contributed by atoms with van der Waals surface area (Å²) in [7, 11) is 0. The van der Waals surface area contributed by atoms with Crippen LogP contribution in [0.2, 0.25) is 0 Å². The molecule has 90 valence electrons. The largest absolute Gasteiger partial charge is 0.508 e. The average molecular weight is 225 g/mol. The Hall–Kier alpha value is -1.26. The van der Waals surface area contributed by atoms with Gasteiger partial charge in [-0.1, -0.05) is 13.8 Å². The third-order valence-electron chi connectivity index (χ3n) is 2.10. The molecule has 0 spiro atoms. The SMILES string of the molecule is CC(C)CONC(C)c1cc(O)cc(O)c1. The van der Waals surface area contributed by atoms with E-state index in [0.29, 0.717) is 12.5 Å². The maximum Gasteiger partial charge on any atom is 0.119 e. The minimum absolute atomic E-state index is 0.0486. The van der Waals surface area contributed by atoms with Crippen LogP contribution in [-0.2, 0) is 4.84 Å². The fourth-order valence-electron chi connectivity index (χ4n) is 1.28. The van der Waals surface area contributed by atoms with Gasteiger partial charge in [-0.05, 0) is 30.5 Å². The Labute approximate surface area is 95.8 Å². The maximum absolute atomic E-state index is 9.33. The number of nitrogens with one attached hydrogen (secondary N) is 1. The van der Waals surface area contributed by atoms with Crippen LogP contribution in [0.25, 0.3) is 0 Å². The summed E-state index contributed by atoms with van der Waals surface area (Å²) in [4.78, 5) is 5.28. The lowest BCUT2D eigenvalue weighted by Gasteiger charge is -2.15. The summed E-state index contributed by atoms with van der Waals surface area (Å²) >= 11 is 0. The molecule has 0 aliphatic heterocycles. The zero-order chi connectivity index (χ0) is 12.1. The molecule has 0 aromatic heterocycles. The van der Waals surface area contributed by atoms with E-state index in [1.165, 1.54) is 6.07 Å². The molecule has 1 unspecified atom stereocenters. The average Bonchev–Trinajstić information content (AvgIpc) is 2.15. The molecule has 16 heavy (non-hydrogen) atoms. The second-order valence-corrected chi connectivity index (χ2v) is 4.33. The second kappa shape index (κ2) is 5.72. The highest BCUT2D eigenvalue weighted by molar-refractivity contribution is 5.37. The van der Waals surface area contributed by atoms with E-state index < -0.39 is 0 Å². The molecule has 0 radical (unpaired) electrons. The van der Waals surface area contributed by atoms with Crippen molar-refractivity contribution in [3.05, 3.63) is 23.8 Å². The van der Waals surface area contributed by atoms with Crippen molar-refractivity contribution in [2.45, 2.75) is 26.8 Å². The predicted octanol–water partition coefficient (Wildman–Crippen LogP) is 2.34. The fourth-order valence-corrected chi connectivity index (χ4v) is 1.28. The zero-order valence-corrected chi connectivity index (χ0v) is 9.90. The molecule has 0 aliphatic rings. The lowest BCUT2D eigenvalue weighted by Crippen LogP contribution is -2.21. The van der Waals surface area contributed by atoms with Crippen LogP contribution < -0.4 is 5.48 Å². The molecule has 4 nitrogen and oxygen atoms in total. The zero-order valence-electron chi connectivity index (χ0n) is 9.90. The van der Waals surface area contributed by atoms with Crippen molar-refractivity contribution in [2.24, 2.45) is 5.92 Å². The van der Waals surface area contributed by atoms with Crippen molar-refractivity contribution in [2.75, 3.05) is 6.61 Å². The molecule has 4 heteroatoms. The van der Waals surface area contributed by atoms with E-state index in [4.69, 9.17) is 4.84 Å². The van der Waals surface area contributed by atoms with Crippen molar-refractivity contribution in [1.82, 2.24) is 5.48 Å². The molecule has 0 saturated heterocycles. The van der Waals surface area contributed by atoms with Crippen LogP contribution in [0.5, 0.6) is 11.5 Å². The molecule has 1 aromatic rings. The molecule has 0 heterocycles. The van der Waals surface area contributed by atoms with Crippen molar-refractivity contribution in [3.63, 3.8) is 0 Å². The Morgan fingerprint density at radius 3 is 2.19 bits per heavy atom. The van der Waals surface area contributed by atoms with Gasteiger partial charge in [-0.15, -0.1) is 0 Å².